The van der Waals surface area contributed by atoms with Gasteiger partial charge in [-0.3, -0.25) is 4.99 Å². The molecule has 0 saturated heterocycles. The number of ether oxygens (including phenoxy) is 1. The lowest BCUT2D eigenvalue weighted by molar-refractivity contribution is 0.146. The van der Waals surface area contributed by atoms with Crippen LogP contribution in [0, 0.1) is 0 Å². The van der Waals surface area contributed by atoms with Crippen LogP contribution in [0.3, 0.4) is 0 Å². The predicted octanol–water partition coefficient (Wildman–Crippen LogP) is 3.51. The number of nitrogens with zero attached hydrogens (tertiary/aromatic N) is 4. The van der Waals surface area contributed by atoms with Crippen LogP contribution < -0.4 is 5.32 Å². The molecule has 0 atom stereocenters. The molecular formula is C23H31N5O2. The van der Waals surface area contributed by atoms with Crippen molar-refractivity contribution in [2.45, 2.75) is 26.3 Å². The maximum absolute atomic E-state index is 5.42. The third-order valence-electron chi connectivity index (χ3n) is 4.59. The van der Waals surface area contributed by atoms with E-state index in [1.165, 1.54) is 0 Å². The van der Waals surface area contributed by atoms with Gasteiger partial charge in [-0.05, 0) is 37.6 Å². The number of para-hydroxylation sites is 1. The second kappa shape index (κ2) is 11.8. The summed E-state index contributed by atoms with van der Waals surface area (Å²) in [5.74, 6) is 1.83. The van der Waals surface area contributed by atoms with Gasteiger partial charge in [0.1, 0.15) is 5.76 Å². The normalized spacial score (nSPS) is 11.6. The molecule has 30 heavy (non-hydrogen) atoms. The summed E-state index contributed by atoms with van der Waals surface area (Å²) in [6.45, 7) is 5.66. The first-order valence-corrected chi connectivity index (χ1v) is 10.4. The quantitative estimate of drug-likeness (QED) is 0.298. The van der Waals surface area contributed by atoms with Gasteiger partial charge >= 0.3 is 0 Å². The molecule has 7 nitrogen and oxygen atoms in total. The van der Waals surface area contributed by atoms with Crippen molar-refractivity contribution in [3.63, 3.8) is 0 Å². The highest BCUT2D eigenvalue weighted by Gasteiger charge is 2.10. The summed E-state index contributed by atoms with van der Waals surface area (Å²) in [4.78, 5) is 6.89. The summed E-state index contributed by atoms with van der Waals surface area (Å²) in [5.41, 5.74) is 2.17. The van der Waals surface area contributed by atoms with Crippen molar-refractivity contribution in [3.05, 3.63) is 72.4 Å². The van der Waals surface area contributed by atoms with E-state index in [1.807, 2.05) is 67.3 Å². The Morgan fingerprint density at radius 1 is 1.23 bits per heavy atom. The number of furan rings is 1. The Morgan fingerprint density at radius 3 is 2.87 bits per heavy atom. The number of rotatable bonds is 11. The van der Waals surface area contributed by atoms with Crippen LogP contribution in [0.25, 0.3) is 5.69 Å². The van der Waals surface area contributed by atoms with Crippen LogP contribution in [0.5, 0.6) is 0 Å². The molecule has 0 fully saturated rings. The van der Waals surface area contributed by atoms with Crippen molar-refractivity contribution in [1.82, 2.24) is 20.0 Å². The SMILES string of the molecule is CCOCCCN=C(NCCc1ccco1)N(C)Cc1cnn(-c2ccccc2)c1. The molecule has 0 bridgehead atoms. The summed E-state index contributed by atoms with van der Waals surface area (Å²) in [6.07, 6.45) is 7.37. The Labute approximate surface area is 178 Å². The molecule has 160 valence electrons. The number of aromatic nitrogens is 2. The Bertz CT molecular complexity index is 874. The molecule has 0 radical (unpaired) electrons. The standard InChI is InChI=1S/C23H31N5O2/c1-3-29-15-8-13-24-23(25-14-12-22-11-7-16-30-22)27(2)18-20-17-26-28(19-20)21-9-5-4-6-10-21/h4-7,9-11,16-17,19H,3,8,12-15,18H2,1-2H3,(H,24,25). The zero-order chi connectivity index (χ0) is 21.0. The van der Waals surface area contributed by atoms with Crippen LogP contribution in [0.2, 0.25) is 0 Å². The molecule has 3 rings (SSSR count). The maximum atomic E-state index is 5.42. The molecule has 7 heteroatoms. The van der Waals surface area contributed by atoms with E-state index >= 15 is 0 Å². The van der Waals surface area contributed by atoms with E-state index in [9.17, 15) is 0 Å². The Hall–Kier alpha value is -3.06. The molecule has 0 unspecified atom stereocenters. The van der Waals surface area contributed by atoms with E-state index < -0.39 is 0 Å². The summed E-state index contributed by atoms with van der Waals surface area (Å²) in [5, 5.41) is 7.95. The van der Waals surface area contributed by atoms with Crippen molar-refractivity contribution < 1.29 is 9.15 Å². The molecule has 0 aliphatic heterocycles. The van der Waals surface area contributed by atoms with Gasteiger partial charge in [0.15, 0.2) is 5.96 Å². The third-order valence-corrected chi connectivity index (χ3v) is 4.59. The summed E-state index contributed by atoms with van der Waals surface area (Å²) in [7, 11) is 2.04. The molecular weight excluding hydrogens is 378 g/mol. The first kappa shape index (κ1) is 21.6. The van der Waals surface area contributed by atoms with Gasteiger partial charge in [-0.25, -0.2) is 4.68 Å². The second-order valence-corrected chi connectivity index (χ2v) is 7.00. The molecule has 2 heterocycles. The van der Waals surface area contributed by atoms with Crippen LogP contribution in [0.1, 0.15) is 24.7 Å². The van der Waals surface area contributed by atoms with Gasteiger partial charge in [-0.15, -0.1) is 0 Å². The van der Waals surface area contributed by atoms with Crippen molar-refractivity contribution >= 4 is 5.96 Å². The number of nitrogens with one attached hydrogen (secondary N) is 1. The lowest BCUT2D eigenvalue weighted by Gasteiger charge is -2.22. The smallest absolute Gasteiger partial charge is 0.193 e. The average molecular weight is 410 g/mol. The van der Waals surface area contributed by atoms with E-state index in [-0.39, 0.29) is 0 Å². The average Bonchev–Trinajstić information content (AvgIpc) is 3.45. The molecule has 0 spiro atoms. The molecule has 0 amide bonds. The monoisotopic (exact) mass is 409 g/mol. The highest BCUT2D eigenvalue weighted by atomic mass is 16.5. The third kappa shape index (κ3) is 6.77. The molecule has 0 aliphatic carbocycles. The van der Waals surface area contributed by atoms with Gasteiger partial charge in [0, 0.05) is 58.1 Å². The van der Waals surface area contributed by atoms with Gasteiger partial charge in [0.25, 0.3) is 0 Å². The Balaban J connectivity index is 1.59. The zero-order valence-corrected chi connectivity index (χ0v) is 17.8. The molecule has 2 aromatic heterocycles. The van der Waals surface area contributed by atoms with Crippen molar-refractivity contribution in [2.75, 3.05) is 33.4 Å². The highest BCUT2D eigenvalue weighted by Crippen LogP contribution is 2.09. The first-order valence-electron chi connectivity index (χ1n) is 10.4. The van der Waals surface area contributed by atoms with Crippen LogP contribution in [-0.2, 0) is 17.7 Å². The fourth-order valence-corrected chi connectivity index (χ4v) is 3.07. The van der Waals surface area contributed by atoms with Crippen molar-refractivity contribution in [2.24, 2.45) is 4.99 Å². The largest absolute Gasteiger partial charge is 0.469 e. The number of hydrogen-bond acceptors (Lipinski definition) is 4. The summed E-state index contributed by atoms with van der Waals surface area (Å²) in [6, 6.07) is 14.0. The van der Waals surface area contributed by atoms with Crippen LogP contribution >= 0.6 is 0 Å². The minimum Gasteiger partial charge on any atom is -0.469 e. The number of benzene rings is 1. The minimum absolute atomic E-state index is 0.713. The van der Waals surface area contributed by atoms with E-state index in [1.54, 1.807) is 6.26 Å². The molecule has 0 saturated carbocycles. The topological polar surface area (TPSA) is 67.8 Å². The lowest BCUT2D eigenvalue weighted by atomic mass is 10.3. The molecule has 1 N–H and O–H groups in total. The minimum atomic E-state index is 0.713. The van der Waals surface area contributed by atoms with Gasteiger partial charge in [-0.1, -0.05) is 18.2 Å². The zero-order valence-electron chi connectivity index (χ0n) is 17.8. The van der Waals surface area contributed by atoms with Crippen LogP contribution in [0.4, 0.5) is 0 Å². The van der Waals surface area contributed by atoms with E-state index in [2.05, 4.69) is 21.5 Å². The number of guanidine groups is 1. The second-order valence-electron chi connectivity index (χ2n) is 7.00. The Morgan fingerprint density at radius 2 is 2.10 bits per heavy atom. The van der Waals surface area contributed by atoms with Gasteiger partial charge in [0.05, 0.1) is 18.1 Å². The van der Waals surface area contributed by atoms with E-state index in [0.717, 1.165) is 62.1 Å². The van der Waals surface area contributed by atoms with Gasteiger partial charge in [0.2, 0.25) is 0 Å². The number of aliphatic imine (C=N–C) groups is 1. The highest BCUT2D eigenvalue weighted by molar-refractivity contribution is 5.79. The van der Waals surface area contributed by atoms with Crippen molar-refractivity contribution in [1.29, 1.82) is 0 Å². The predicted molar refractivity (Wildman–Crippen MR) is 119 cm³/mol. The van der Waals surface area contributed by atoms with Crippen molar-refractivity contribution in [3.8, 4) is 5.69 Å². The maximum Gasteiger partial charge on any atom is 0.193 e. The number of hydrogen-bond donors (Lipinski definition) is 1. The summed E-state index contributed by atoms with van der Waals surface area (Å²) >= 11 is 0. The molecule has 3 aromatic rings. The molecule has 1 aromatic carbocycles. The molecule has 0 aliphatic rings. The fourth-order valence-electron chi connectivity index (χ4n) is 3.07. The fraction of sp³-hybridized carbons (Fsp3) is 0.391. The van der Waals surface area contributed by atoms with Crippen LogP contribution in [-0.4, -0.2) is 54.0 Å². The van der Waals surface area contributed by atoms with Gasteiger partial charge in [-0.2, -0.15) is 5.10 Å². The van der Waals surface area contributed by atoms with E-state index in [0.29, 0.717) is 6.54 Å². The van der Waals surface area contributed by atoms with Crippen LogP contribution in [0.15, 0.2) is 70.5 Å². The summed E-state index contributed by atoms with van der Waals surface area (Å²) < 4.78 is 12.7. The first-order chi connectivity index (χ1) is 14.8. The van der Waals surface area contributed by atoms with E-state index in [4.69, 9.17) is 14.1 Å². The van der Waals surface area contributed by atoms with Gasteiger partial charge < -0.3 is 19.4 Å². The Kier molecular flexibility index (Phi) is 8.53. The lowest BCUT2D eigenvalue weighted by Crippen LogP contribution is -2.39.